The molecule has 2 amide bonds. The third kappa shape index (κ3) is 13.9. The lowest BCUT2D eigenvalue weighted by Gasteiger charge is -2.43. The van der Waals surface area contributed by atoms with E-state index in [1.165, 1.54) is 16.4 Å². The van der Waals surface area contributed by atoms with Crippen molar-refractivity contribution in [1.82, 2.24) is 10.2 Å². The molecule has 0 saturated carbocycles. The standard InChI is InChI=1S/C61H71N3O16Si/c1-38(65)76-53-54(77-39(2)66)56(78-40(3)67)58(80-55(53)57(68)71-7)79-51-29-28-41(35-48(51)50(62)30-31-63-59(69)73-37-49-46-25-16-14-23-44(46)45-24-15-17-26-47(45)49)36-74-60(70)64-32-34-72-52(64)27-18-33-75-81(61(4,5)6,42-19-10-8-11-20-42)43-21-12-9-13-22-43/h8-17,19-26,28-29,35,49-50,52-56,58H,18,27,30-34,36-37,62H2,1-7H3,(H,63,69)/t50?,52?,53-,54+,55-,56-,58+/m0/s1. The molecule has 430 valence electrons. The van der Waals surface area contributed by atoms with Crippen molar-refractivity contribution in [2.75, 3.05) is 40.0 Å². The first-order chi connectivity index (χ1) is 38.9. The summed E-state index contributed by atoms with van der Waals surface area (Å²) in [5.74, 6) is -3.71. The first kappa shape index (κ1) is 59.5. The number of carbonyl (C=O) groups is 6. The maximum atomic E-state index is 13.9. The average Bonchev–Trinajstić information content (AvgIpc) is 4.04. The van der Waals surface area contributed by atoms with Gasteiger partial charge in [0.2, 0.25) is 12.4 Å². The highest BCUT2D eigenvalue weighted by Crippen LogP contribution is 2.45. The highest BCUT2D eigenvalue weighted by Gasteiger charge is 2.56. The first-order valence-corrected chi connectivity index (χ1v) is 29.0. The van der Waals surface area contributed by atoms with Gasteiger partial charge in [0.15, 0.2) is 18.3 Å². The Balaban J connectivity index is 0.979. The normalized spacial score (nSPS) is 20.0. The molecule has 8 rings (SSSR count). The van der Waals surface area contributed by atoms with Gasteiger partial charge in [-0.2, -0.15) is 0 Å². The lowest BCUT2D eigenvalue weighted by molar-refractivity contribution is -0.282. The number of rotatable bonds is 21. The molecule has 0 aromatic heterocycles. The molecule has 2 unspecified atom stereocenters. The van der Waals surface area contributed by atoms with Crippen molar-refractivity contribution in [3.8, 4) is 16.9 Å². The molecule has 81 heavy (non-hydrogen) atoms. The third-order valence-electron chi connectivity index (χ3n) is 14.5. The monoisotopic (exact) mass is 1130 g/mol. The summed E-state index contributed by atoms with van der Waals surface area (Å²) in [4.78, 5) is 79.5. The number of nitrogens with one attached hydrogen (secondary N) is 1. The van der Waals surface area contributed by atoms with Crippen LogP contribution in [0.15, 0.2) is 127 Å². The maximum Gasteiger partial charge on any atom is 0.412 e. The summed E-state index contributed by atoms with van der Waals surface area (Å²) < 4.78 is 58.9. The van der Waals surface area contributed by atoms with E-state index in [0.717, 1.165) is 50.1 Å². The Morgan fingerprint density at radius 2 is 1.32 bits per heavy atom. The Bertz CT molecular complexity index is 2930. The van der Waals surface area contributed by atoms with Crippen molar-refractivity contribution in [2.24, 2.45) is 5.73 Å². The number of amides is 2. The van der Waals surface area contributed by atoms with Crippen LogP contribution in [0.1, 0.15) is 95.0 Å². The van der Waals surface area contributed by atoms with Crippen molar-refractivity contribution in [1.29, 1.82) is 0 Å². The van der Waals surface area contributed by atoms with Gasteiger partial charge in [0.25, 0.3) is 8.32 Å². The molecule has 0 spiro atoms. The smallest absolute Gasteiger partial charge is 0.412 e. The minimum atomic E-state index is -2.79. The van der Waals surface area contributed by atoms with Gasteiger partial charge >= 0.3 is 36.1 Å². The predicted molar refractivity (Wildman–Crippen MR) is 298 cm³/mol. The topological polar surface area (TPSA) is 236 Å². The second-order valence-corrected chi connectivity index (χ2v) is 25.3. The second-order valence-electron chi connectivity index (χ2n) is 21.0. The number of fused-ring (bicyclic) bond motifs is 3. The molecule has 2 aliphatic heterocycles. The number of methoxy groups -OCH3 is 1. The van der Waals surface area contributed by atoms with Crippen LogP contribution in [-0.4, -0.2) is 126 Å². The van der Waals surface area contributed by atoms with Gasteiger partial charge in [-0.25, -0.2) is 14.4 Å². The fraction of sp³-hybridized carbons (Fsp3) is 0.410. The second kappa shape index (κ2) is 26.8. The molecule has 2 fully saturated rings. The van der Waals surface area contributed by atoms with E-state index in [2.05, 4.69) is 50.4 Å². The zero-order valence-electron chi connectivity index (χ0n) is 46.7. The molecule has 3 aliphatic rings. The largest absolute Gasteiger partial charge is 0.467 e. The van der Waals surface area contributed by atoms with Crippen LogP contribution in [0.5, 0.6) is 5.75 Å². The summed E-state index contributed by atoms with van der Waals surface area (Å²) in [7, 11) is -1.71. The van der Waals surface area contributed by atoms with E-state index in [9.17, 15) is 28.8 Å². The van der Waals surface area contributed by atoms with Crippen molar-refractivity contribution in [2.45, 2.75) is 121 Å². The number of nitrogens with two attached hydrogens (primary N) is 1. The summed E-state index contributed by atoms with van der Waals surface area (Å²) in [5, 5.41) is 4.92. The number of ether oxygens (including phenoxy) is 9. The Kier molecular flexibility index (Phi) is 19.7. The lowest BCUT2D eigenvalue weighted by Crippen LogP contribution is -2.66. The number of hydrogen-bond acceptors (Lipinski definition) is 17. The Morgan fingerprint density at radius 3 is 1.91 bits per heavy atom. The van der Waals surface area contributed by atoms with Gasteiger partial charge in [-0.3, -0.25) is 19.3 Å². The van der Waals surface area contributed by atoms with E-state index < -0.39 is 87.4 Å². The SMILES string of the molecule is COC(=O)[C@H]1O[C@@H](Oc2ccc(COC(=O)N3CCOC3CCCO[Si](c3ccccc3)(c3ccccc3)C(C)(C)C)cc2C(N)CCNC(=O)OCC2c3ccccc3-c3ccccc32)[C@@H](OC(C)=O)[C@H](OC(C)=O)[C@@H]1OC(C)=O. The van der Waals surface area contributed by atoms with Crippen LogP contribution in [0, 0.1) is 0 Å². The van der Waals surface area contributed by atoms with Gasteiger partial charge in [-0.15, -0.1) is 0 Å². The predicted octanol–water partition coefficient (Wildman–Crippen LogP) is 7.34. The van der Waals surface area contributed by atoms with E-state index in [-0.39, 0.29) is 42.9 Å². The fourth-order valence-corrected chi connectivity index (χ4v) is 15.6. The van der Waals surface area contributed by atoms with Crippen LogP contribution in [0.4, 0.5) is 9.59 Å². The fourth-order valence-electron chi connectivity index (χ4n) is 11.0. The summed E-state index contributed by atoms with van der Waals surface area (Å²) in [6.07, 6.45) is -8.91. The molecule has 7 atom stereocenters. The quantitative estimate of drug-likeness (QED) is 0.0316. The Hall–Kier alpha value is -7.62. The zero-order chi connectivity index (χ0) is 57.8. The van der Waals surface area contributed by atoms with Crippen LogP contribution < -0.4 is 26.2 Å². The molecule has 5 aromatic rings. The summed E-state index contributed by atoms with van der Waals surface area (Å²) in [6.45, 7) is 10.9. The molecule has 2 heterocycles. The highest BCUT2D eigenvalue weighted by atomic mass is 28.4. The van der Waals surface area contributed by atoms with Crippen LogP contribution in [-0.2, 0) is 68.1 Å². The molecule has 2 saturated heterocycles. The molecule has 5 aromatic carbocycles. The van der Waals surface area contributed by atoms with Crippen LogP contribution in [0.3, 0.4) is 0 Å². The molecular formula is C61H71N3O16Si. The van der Waals surface area contributed by atoms with E-state index in [4.69, 9.17) is 52.8 Å². The number of hydrogen-bond donors (Lipinski definition) is 2. The first-order valence-electron chi connectivity index (χ1n) is 27.1. The van der Waals surface area contributed by atoms with Crippen LogP contribution >= 0.6 is 0 Å². The van der Waals surface area contributed by atoms with E-state index >= 15 is 0 Å². The Labute approximate surface area is 472 Å². The van der Waals surface area contributed by atoms with Gasteiger partial charge in [-0.05, 0) is 74.6 Å². The van der Waals surface area contributed by atoms with Crippen molar-refractivity contribution < 1.29 is 75.8 Å². The number of esters is 4. The van der Waals surface area contributed by atoms with Crippen molar-refractivity contribution in [3.05, 3.63) is 150 Å². The molecule has 20 heteroatoms. The Morgan fingerprint density at radius 1 is 0.741 bits per heavy atom. The van der Waals surface area contributed by atoms with Crippen molar-refractivity contribution >= 4 is 54.8 Å². The van der Waals surface area contributed by atoms with Crippen LogP contribution in [0.2, 0.25) is 5.04 Å². The highest BCUT2D eigenvalue weighted by molar-refractivity contribution is 6.99. The molecule has 0 bridgehead atoms. The maximum absolute atomic E-state index is 13.9. The van der Waals surface area contributed by atoms with Crippen LogP contribution in [0.25, 0.3) is 11.1 Å². The van der Waals surface area contributed by atoms with Gasteiger partial charge in [0.1, 0.15) is 25.2 Å². The number of nitrogens with zero attached hydrogens (tertiary/aromatic N) is 1. The van der Waals surface area contributed by atoms with Crippen molar-refractivity contribution in [3.63, 3.8) is 0 Å². The summed E-state index contributed by atoms with van der Waals surface area (Å²) in [6, 6.07) is 40.6. The summed E-state index contributed by atoms with van der Waals surface area (Å²) in [5.41, 5.74) is 12.0. The van der Waals surface area contributed by atoms with Gasteiger partial charge in [0.05, 0.1) is 20.3 Å². The molecular weight excluding hydrogens is 1060 g/mol. The average molecular weight is 1130 g/mol. The number of carbonyl (C=O) groups excluding carboxylic acids is 6. The molecule has 19 nitrogen and oxygen atoms in total. The molecule has 1 aliphatic carbocycles. The minimum absolute atomic E-state index is 0.0365. The molecule has 3 N–H and O–H groups in total. The lowest BCUT2D eigenvalue weighted by atomic mass is 9.97. The van der Waals surface area contributed by atoms with Gasteiger partial charge in [-0.1, -0.05) is 136 Å². The van der Waals surface area contributed by atoms with E-state index in [0.29, 0.717) is 43.7 Å². The van der Waals surface area contributed by atoms with E-state index in [1.807, 2.05) is 84.9 Å². The molecule has 0 radical (unpaired) electrons. The van der Waals surface area contributed by atoms with E-state index in [1.54, 1.807) is 17.0 Å². The minimum Gasteiger partial charge on any atom is -0.467 e. The van der Waals surface area contributed by atoms with Gasteiger partial charge in [0, 0.05) is 51.4 Å². The van der Waals surface area contributed by atoms with Gasteiger partial charge < -0.3 is 58.1 Å². The zero-order valence-corrected chi connectivity index (χ0v) is 47.7. The number of benzene rings is 5. The number of alkyl carbamates (subject to hydrolysis) is 1. The summed E-state index contributed by atoms with van der Waals surface area (Å²) >= 11 is 0. The third-order valence-corrected chi connectivity index (χ3v) is 19.6.